The van der Waals surface area contributed by atoms with Crippen LogP contribution in [0.15, 0.2) is 24.3 Å². The summed E-state index contributed by atoms with van der Waals surface area (Å²) in [5.41, 5.74) is 0.337. The number of phenolic OH excluding ortho intramolecular Hbond substituents is 1. The zero-order valence-corrected chi connectivity index (χ0v) is 7.80. The monoisotopic (exact) mass is 193 g/mol. The molecule has 0 bridgehead atoms. The highest BCUT2D eigenvalue weighted by atomic mass is 16.5. The second-order valence-corrected chi connectivity index (χ2v) is 2.76. The summed E-state index contributed by atoms with van der Waals surface area (Å²) < 4.78 is 0.231. The van der Waals surface area contributed by atoms with Gasteiger partial charge in [0.05, 0.1) is 12.0 Å². The second-order valence-electron chi connectivity index (χ2n) is 2.76. The van der Waals surface area contributed by atoms with Gasteiger partial charge in [-0.2, -0.15) is 0 Å². The molecule has 0 aromatic heterocycles. The normalized spacial score (nSPS) is 11.4. The summed E-state index contributed by atoms with van der Waals surface area (Å²) in [5, 5.41) is 20.4. The zero-order chi connectivity index (χ0) is 10.6. The molecule has 0 saturated heterocycles. The minimum absolute atomic E-state index is 0.0164. The molecule has 74 valence electrons. The standard InChI is InChI=1S/C10H11NO3/c1-2-10(13)11(14)7-8-5-3-4-6-9(8)12/h3-7,12H,2H2,1H3. The van der Waals surface area contributed by atoms with Crippen molar-refractivity contribution < 1.29 is 14.6 Å². The molecule has 1 aromatic carbocycles. The number of para-hydroxylation sites is 1. The molecule has 1 aromatic rings. The van der Waals surface area contributed by atoms with Crippen LogP contribution in [0.1, 0.15) is 18.9 Å². The van der Waals surface area contributed by atoms with Crippen LogP contribution in [-0.4, -0.2) is 22.0 Å². The smallest absolute Gasteiger partial charge is 0.397 e. The number of carbonyl (C=O) groups excluding carboxylic acids is 1. The van der Waals surface area contributed by atoms with Crippen LogP contribution >= 0.6 is 0 Å². The highest BCUT2D eigenvalue weighted by Crippen LogP contribution is 2.12. The number of nitrogens with zero attached hydrogens (tertiary/aromatic N) is 1. The van der Waals surface area contributed by atoms with E-state index in [1.807, 2.05) is 0 Å². The molecule has 4 heteroatoms. The van der Waals surface area contributed by atoms with E-state index in [1.165, 1.54) is 6.07 Å². The van der Waals surface area contributed by atoms with Crippen molar-refractivity contribution in [1.29, 1.82) is 0 Å². The van der Waals surface area contributed by atoms with Crippen molar-refractivity contribution in [2.75, 3.05) is 0 Å². The van der Waals surface area contributed by atoms with Crippen molar-refractivity contribution in [3.05, 3.63) is 35.0 Å². The third-order valence-electron chi connectivity index (χ3n) is 1.74. The van der Waals surface area contributed by atoms with Gasteiger partial charge < -0.3 is 10.3 Å². The minimum Gasteiger partial charge on any atom is -0.616 e. The molecule has 4 nitrogen and oxygen atoms in total. The lowest BCUT2D eigenvalue weighted by Crippen LogP contribution is -2.14. The van der Waals surface area contributed by atoms with Gasteiger partial charge in [-0.05, 0) is 12.1 Å². The van der Waals surface area contributed by atoms with Gasteiger partial charge in [0.25, 0.3) is 0 Å². The molecule has 0 spiro atoms. The molecule has 1 amide bonds. The first-order valence-electron chi connectivity index (χ1n) is 4.27. The molecule has 14 heavy (non-hydrogen) atoms. The molecule has 0 fully saturated rings. The van der Waals surface area contributed by atoms with Gasteiger partial charge in [-0.25, -0.2) is 4.79 Å². The van der Waals surface area contributed by atoms with E-state index in [9.17, 15) is 15.1 Å². The Balaban J connectivity index is 2.97. The number of aromatic hydroxyl groups is 1. The number of amides is 1. The average Bonchev–Trinajstić information content (AvgIpc) is 2.20. The van der Waals surface area contributed by atoms with Crippen molar-refractivity contribution in [2.45, 2.75) is 13.3 Å². The third-order valence-corrected chi connectivity index (χ3v) is 1.74. The van der Waals surface area contributed by atoms with E-state index in [1.54, 1.807) is 25.1 Å². The lowest BCUT2D eigenvalue weighted by molar-refractivity contribution is -0.377. The van der Waals surface area contributed by atoms with Crippen LogP contribution in [0.25, 0.3) is 0 Å². The van der Waals surface area contributed by atoms with Gasteiger partial charge >= 0.3 is 5.91 Å². The molecule has 0 atom stereocenters. The van der Waals surface area contributed by atoms with Crippen LogP contribution in [-0.2, 0) is 4.79 Å². The molecular weight excluding hydrogens is 182 g/mol. The summed E-state index contributed by atoms with van der Waals surface area (Å²) in [7, 11) is 0. The fraction of sp³-hybridized carbons (Fsp3) is 0.200. The highest BCUT2D eigenvalue weighted by molar-refractivity contribution is 5.84. The van der Waals surface area contributed by atoms with Crippen LogP contribution in [0.2, 0.25) is 0 Å². The van der Waals surface area contributed by atoms with Gasteiger partial charge in [0.2, 0.25) is 0 Å². The number of rotatable bonds is 2. The van der Waals surface area contributed by atoms with Crippen LogP contribution in [0, 0.1) is 5.21 Å². The molecule has 1 rings (SSSR count). The predicted octanol–water partition coefficient (Wildman–Crippen LogP) is 1.26. The van der Waals surface area contributed by atoms with Gasteiger partial charge in [0.1, 0.15) is 5.75 Å². The first kappa shape index (κ1) is 10.2. The largest absolute Gasteiger partial charge is 0.616 e. The summed E-state index contributed by atoms with van der Waals surface area (Å²) >= 11 is 0. The SMILES string of the molecule is CCC(=O)[N+]([O-])=Cc1ccccc1O. The molecule has 0 aliphatic heterocycles. The van der Waals surface area contributed by atoms with Crippen molar-refractivity contribution in [3.8, 4) is 5.75 Å². The van der Waals surface area contributed by atoms with E-state index in [0.29, 0.717) is 5.56 Å². The molecule has 0 heterocycles. The van der Waals surface area contributed by atoms with Gasteiger partial charge in [-0.1, -0.05) is 19.1 Å². The molecular formula is C10H11NO3. The van der Waals surface area contributed by atoms with Gasteiger partial charge in [0, 0.05) is 0 Å². The Hall–Kier alpha value is -1.84. The van der Waals surface area contributed by atoms with Crippen molar-refractivity contribution in [3.63, 3.8) is 0 Å². The quantitative estimate of drug-likeness (QED) is 0.333. The zero-order valence-electron chi connectivity index (χ0n) is 7.80. The fourth-order valence-corrected chi connectivity index (χ4v) is 0.951. The lowest BCUT2D eigenvalue weighted by Gasteiger charge is -2.00. The predicted molar refractivity (Wildman–Crippen MR) is 52.2 cm³/mol. The molecule has 0 aliphatic rings. The average molecular weight is 193 g/mol. The van der Waals surface area contributed by atoms with Crippen molar-refractivity contribution >= 4 is 12.1 Å². The first-order valence-corrected chi connectivity index (χ1v) is 4.27. The maximum atomic E-state index is 11.1. The lowest BCUT2D eigenvalue weighted by atomic mass is 10.2. The minimum atomic E-state index is -0.534. The van der Waals surface area contributed by atoms with Gasteiger partial charge in [0.15, 0.2) is 6.21 Å². The van der Waals surface area contributed by atoms with Crippen LogP contribution in [0.5, 0.6) is 5.75 Å². The topological polar surface area (TPSA) is 63.4 Å². The Morgan fingerprint density at radius 3 is 2.79 bits per heavy atom. The molecule has 1 N–H and O–H groups in total. The summed E-state index contributed by atoms with van der Waals surface area (Å²) in [4.78, 5) is 10.9. The Morgan fingerprint density at radius 1 is 1.57 bits per heavy atom. The second kappa shape index (κ2) is 4.41. The number of hydrogen-bond donors (Lipinski definition) is 1. The summed E-state index contributed by atoms with van der Waals surface area (Å²) in [6.07, 6.45) is 1.22. The third kappa shape index (κ3) is 2.32. The molecule has 0 aliphatic carbocycles. The van der Waals surface area contributed by atoms with E-state index in [-0.39, 0.29) is 16.9 Å². The number of carbonyl (C=O) groups is 1. The maximum Gasteiger partial charge on any atom is 0.397 e. The van der Waals surface area contributed by atoms with E-state index < -0.39 is 5.91 Å². The van der Waals surface area contributed by atoms with E-state index in [4.69, 9.17) is 0 Å². The van der Waals surface area contributed by atoms with Crippen LogP contribution in [0.3, 0.4) is 0 Å². The van der Waals surface area contributed by atoms with E-state index in [0.717, 1.165) is 6.21 Å². The van der Waals surface area contributed by atoms with Crippen molar-refractivity contribution in [1.82, 2.24) is 0 Å². The summed E-state index contributed by atoms with van der Waals surface area (Å²) in [5.74, 6) is -0.550. The Bertz CT molecular complexity index is 371. The molecule has 0 unspecified atom stereocenters. The number of hydrogen-bond acceptors (Lipinski definition) is 3. The summed E-state index contributed by atoms with van der Waals surface area (Å²) in [6, 6.07) is 6.33. The molecule has 0 radical (unpaired) electrons. The van der Waals surface area contributed by atoms with Crippen LogP contribution in [0.4, 0.5) is 0 Å². The van der Waals surface area contributed by atoms with Gasteiger partial charge in [-0.3, -0.25) is 0 Å². The number of phenols is 1. The Morgan fingerprint density at radius 2 is 2.21 bits per heavy atom. The van der Waals surface area contributed by atoms with Crippen LogP contribution < -0.4 is 0 Å². The summed E-state index contributed by atoms with van der Waals surface area (Å²) in [6.45, 7) is 1.60. The van der Waals surface area contributed by atoms with E-state index >= 15 is 0 Å². The Kier molecular flexibility index (Phi) is 3.23. The first-order chi connectivity index (χ1) is 6.65. The molecule has 0 saturated carbocycles. The van der Waals surface area contributed by atoms with Crippen molar-refractivity contribution in [2.24, 2.45) is 0 Å². The van der Waals surface area contributed by atoms with E-state index in [2.05, 4.69) is 0 Å². The Labute approximate surface area is 81.7 Å². The van der Waals surface area contributed by atoms with Gasteiger partial charge in [-0.15, -0.1) is 4.74 Å². The highest BCUT2D eigenvalue weighted by Gasteiger charge is 2.08. The fourth-order valence-electron chi connectivity index (χ4n) is 0.951. The number of benzene rings is 1. The maximum absolute atomic E-state index is 11.1. The number of hydroxylamine groups is 1.